The van der Waals surface area contributed by atoms with Gasteiger partial charge in [0, 0.05) is 5.92 Å². The van der Waals surface area contributed by atoms with Gasteiger partial charge in [0.2, 0.25) is 0 Å². The van der Waals surface area contributed by atoms with E-state index < -0.39 is 0 Å². The Kier molecular flexibility index (Phi) is 3.63. The molecule has 2 aromatic rings. The summed E-state index contributed by atoms with van der Waals surface area (Å²) in [5.41, 5.74) is 4.17. The van der Waals surface area contributed by atoms with Crippen LogP contribution in [0.15, 0.2) is 54.6 Å². The zero-order valence-electron chi connectivity index (χ0n) is 10.9. The smallest absolute Gasteiger partial charge is 0.0112 e. The first-order valence-electron chi connectivity index (χ1n) is 6.30. The Hall–Kier alpha value is -1.56. The quantitative estimate of drug-likeness (QED) is 0.703. The van der Waals surface area contributed by atoms with Crippen molar-refractivity contribution in [1.82, 2.24) is 0 Å². The van der Waals surface area contributed by atoms with Gasteiger partial charge in [-0.15, -0.1) is 0 Å². The lowest BCUT2D eigenvalue weighted by Crippen LogP contribution is -2.08. The van der Waals surface area contributed by atoms with E-state index in [1.807, 2.05) is 0 Å². The summed E-state index contributed by atoms with van der Waals surface area (Å²) >= 11 is 0. The van der Waals surface area contributed by atoms with E-state index in [9.17, 15) is 0 Å². The zero-order valence-corrected chi connectivity index (χ0v) is 10.9. The highest BCUT2D eigenvalue weighted by atomic mass is 14.2. The number of hydrogen-bond donors (Lipinski definition) is 0. The van der Waals surface area contributed by atoms with Gasteiger partial charge < -0.3 is 0 Å². The third-order valence-corrected chi connectivity index (χ3v) is 3.23. The molecule has 17 heavy (non-hydrogen) atoms. The van der Waals surface area contributed by atoms with Gasteiger partial charge in [-0.25, -0.2) is 0 Å². The summed E-state index contributed by atoms with van der Waals surface area (Å²) in [5, 5.41) is 0. The third-order valence-electron chi connectivity index (χ3n) is 3.23. The van der Waals surface area contributed by atoms with Crippen molar-refractivity contribution in [3.8, 4) is 0 Å². The van der Waals surface area contributed by atoms with E-state index in [0.717, 1.165) is 0 Å². The molecule has 2 rings (SSSR count). The van der Waals surface area contributed by atoms with Gasteiger partial charge in [-0.05, 0) is 24.0 Å². The molecule has 88 valence electrons. The van der Waals surface area contributed by atoms with Crippen molar-refractivity contribution in [3.05, 3.63) is 71.3 Å². The van der Waals surface area contributed by atoms with Gasteiger partial charge in [-0.2, -0.15) is 0 Å². The van der Waals surface area contributed by atoms with E-state index in [2.05, 4.69) is 75.4 Å². The molecule has 0 bridgehead atoms. The van der Waals surface area contributed by atoms with Crippen LogP contribution in [0, 0.1) is 12.8 Å². The minimum absolute atomic E-state index is 0.496. The van der Waals surface area contributed by atoms with Gasteiger partial charge in [0.15, 0.2) is 0 Å². The first-order chi connectivity index (χ1) is 8.18. The molecule has 1 atom stereocenters. The SMILES string of the molecule is Cc1cccc(C(c2ccccc2)C(C)C)c1. The molecule has 0 heterocycles. The molecule has 0 amide bonds. The predicted octanol–water partition coefficient (Wildman–Crippen LogP) is 4.78. The maximum absolute atomic E-state index is 2.30. The summed E-state index contributed by atoms with van der Waals surface area (Å²) in [4.78, 5) is 0. The second-order valence-corrected chi connectivity index (χ2v) is 5.05. The van der Waals surface area contributed by atoms with E-state index in [0.29, 0.717) is 11.8 Å². The van der Waals surface area contributed by atoms with Gasteiger partial charge in [0.05, 0.1) is 0 Å². The van der Waals surface area contributed by atoms with Gasteiger partial charge in [-0.1, -0.05) is 74.0 Å². The summed E-state index contributed by atoms with van der Waals surface area (Å²) < 4.78 is 0. The molecule has 0 N–H and O–H groups in total. The average molecular weight is 224 g/mol. The monoisotopic (exact) mass is 224 g/mol. The second kappa shape index (κ2) is 5.18. The molecule has 0 aliphatic rings. The molecule has 0 aliphatic heterocycles. The van der Waals surface area contributed by atoms with Gasteiger partial charge in [0.1, 0.15) is 0 Å². The predicted molar refractivity (Wildman–Crippen MR) is 74.3 cm³/mol. The molecule has 0 heteroatoms. The fourth-order valence-electron chi connectivity index (χ4n) is 2.49. The molecule has 0 fully saturated rings. The van der Waals surface area contributed by atoms with Crippen molar-refractivity contribution in [2.45, 2.75) is 26.7 Å². The summed E-state index contributed by atoms with van der Waals surface area (Å²) in [6.45, 7) is 6.74. The summed E-state index contributed by atoms with van der Waals surface area (Å²) in [6.07, 6.45) is 0. The molecule has 0 saturated carbocycles. The highest BCUT2D eigenvalue weighted by molar-refractivity contribution is 5.35. The van der Waals surface area contributed by atoms with Crippen LogP contribution < -0.4 is 0 Å². The van der Waals surface area contributed by atoms with Crippen LogP contribution >= 0.6 is 0 Å². The first kappa shape index (κ1) is 11.9. The molecule has 0 saturated heterocycles. The standard InChI is InChI=1S/C17H20/c1-13(2)17(15-9-5-4-6-10-15)16-11-7-8-14(3)12-16/h4-13,17H,1-3H3. The van der Waals surface area contributed by atoms with E-state index >= 15 is 0 Å². The minimum atomic E-state index is 0.496. The Morgan fingerprint density at radius 1 is 0.765 bits per heavy atom. The maximum Gasteiger partial charge on any atom is 0.0112 e. The molecule has 0 aliphatic carbocycles. The van der Waals surface area contributed by atoms with Gasteiger partial charge in [0.25, 0.3) is 0 Å². The zero-order chi connectivity index (χ0) is 12.3. The molecule has 2 aromatic carbocycles. The van der Waals surface area contributed by atoms with E-state index in [-0.39, 0.29) is 0 Å². The lowest BCUT2D eigenvalue weighted by Gasteiger charge is -2.22. The van der Waals surface area contributed by atoms with E-state index in [1.165, 1.54) is 16.7 Å². The fraction of sp³-hybridized carbons (Fsp3) is 0.294. The molecule has 0 aromatic heterocycles. The molecule has 0 radical (unpaired) electrons. The second-order valence-electron chi connectivity index (χ2n) is 5.05. The molecule has 1 unspecified atom stereocenters. The number of aryl methyl sites for hydroxylation is 1. The third kappa shape index (κ3) is 2.76. The first-order valence-corrected chi connectivity index (χ1v) is 6.30. The van der Waals surface area contributed by atoms with Crippen LogP contribution in [0.4, 0.5) is 0 Å². The van der Waals surface area contributed by atoms with Gasteiger partial charge >= 0.3 is 0 Å². The Bertz CT molecular complexity index is 468. The highest BCUT2D eigenvalue weighted by Gasteiger charge is 2.17. The summed E-state index contributed by atoms with van der Waals surface area (Å²) in [5.74, 6) is 1.11. The normalized spacial score (nSPS) is 12.7. The van der Waals surface area contributed by atoms with Gasteiger partial charge in [-0.3, -0.25) is 0 Å². The Morgan fingerprint density at radius 3 is 2.00 bits per heavy atom. The molecule has 0 spiro atoms. The number of hydrogen-bond acceptors (Lipinski definition) is 0. The van der Waals surface area contributed by atoms with Crippen LogP contribution in [-0.4, -0.2) is 0 Å². The number of benzene rings is 2. The van der Waals surface area contributed by atoms with Crippen LogP contribution in [0.3, 0.4) is 0 Å². The van der Waals surface area contributed by atoms with Crippen LogP contribution in [0.25, 0.3) is 0 Å². The topological polar surface area (TPSA) is 0 Å². The lowest BCUT2D eigenvalue weighted by atomic mass is 9.82. The minimum Gasteiger partial charge on any atom is -0.0622 e. The Morgan fingerprint density at radius 2 is 1.41 bits per heavy atom. The van der Waals surface area contributed by atoms with Crippen LogP contribution in [0.5, 0.6) is 0 Å². The van der Waals surface area contributed by atoms with E-state index in [4.69, 9.17) is 0 Å². The molecular formula is C17H20. The summed E-state index contributed by atoms with van der Waals surface area (Å²) in [7, 11) is 0. The van der Waals surface area contributed by atoms with Crippen molar-refractivity contribution < 1.29 is 0 Å². The van der Waals surface area contributed by atoms with Crippen molar-refractivity contribution >= 4 is 0 Å². The number of rotatable bonds is 3. The lowest BCUT2D eigenvalue weighted by molar-refractivity contribution is 0.563. The van der Waals surface area contributed by atoms with Crippen LogP contribution in [0.2, 0.25) is 0 Å². The maximum atomic E-state index is 2.30. The van der Waals surface area contributed by atoms with Crippen LogP contribution in [-0.2, 0) is 0 Å². The van der Waals surface area contributed by atoms with Crippen molar-refractivity contribution in [3.63, 3.8) is 0 Å². The molecule has 0 nitrogen and oxygen atoms in total. The average Bonchev–Trinajstić information content (AvgIpc) is 2.30. The Labute approximate surface area is 104 Å². The van der Waals surface area contributed by atoms with Crippen molar-refractivity contribution in [2.24, 2.45) is 5.92 Å². The summed E-state index contributed by atoms with van der Waals surface area (Å²) in [6, 6.07) is 19.6. The van der Waals surface area contributed by atoms with Crippen molar-refractivity contribution in [1.29, 1.82) is 0 Å². The largest absolute Gasteiger partial charge is 0.0622 e. The van der Waals surface area contributed by atoms with E-state index in [1.54, 1.807) is 0 Å². The van der Waals surface area contributed by atoms with Crippen LogP contribution in [0.1, 0.15) is 36.5 Å². The Balaban J connectivity index is 2.43. The molecular weight excluding hydrogens is 204 g/mol. The highest BCUT2D eigenvalue weighted by Crippen LogP contribution is 2.31. The van der Waals surface area contributed by atoms with Crippen molar-refractivity contribution in [2.75, 3.05) is 0 Å². The fourth-order valence-corrected chi connectivity index (χ4v) is 2.49.